The zero-order valence-electron chi connectivity index (χ0n) is 18.4. The van der Waals surface area contributed by atoms with E-state index in [0.717, 1.165) is 59.6 Å². The fraction of sp³-hybridized carbons (Fsp3) is 0.143. The smallest absolute Gasteiger partial charge is 0.162 e. The SMILES string of the molecule is C=Cc1cccc2c(-c3cnn4cc(-c5ccc(N6CCNCC6)cc5)cnc34)cccc12. The van der Waals surface area contributed by atoms with Gasteiger partial charge in [-0.15, -0.1) is 0 Å². The molecule has 0 unspecified atom stereocenters. The molecule has 1 fully saturated rings. The molecular weight excluding hydrogens is 406 g/mol. The number of rotatable bonds is 4. The summed E-state index contributed by atoms with van der Waals surface area (Å²) in [6.45, 7) is 8.13. The highest BCUT2D eigenvalue weighted by atomic mass is 15.2. The number of fused-ring (bicyclic) bond motifs is 2. The van der Waals surface area contributed by atoms with Gasteiger partial charge in [0.15, 0.2) is 5.65 Å². The van der Waals surface area contributed by atoms with E-state index in [1.807, 2.05) is 23.0 Å². The third kappa shape index (κ3) is 3.47. The molecule has 0 radical (unpaired) electrons. The molecule has 5 aromatic rings. The van der Waals surface area contributed by atoms with Crippen LogP contribution in [0.1, 0.15) is 5.56 Å². The lowest BCUT2D eigenvalue weighted by molar-refractivity contribution is 0.589. The Morgan fingerprint density at radius 2 is 1.61 bits per heavy atom. The van der Waals surface area contributed by atoms with E-state index in [1.165, 1.54) is 16.5 Å². The Kier molecular flexibility index (Phi) is 4.89. The predicted molar refractivity (Wildman–Crippen MR) is 137 cm³/mol. The molecule has 33 heavy (non-hydrogen) atoms. The van der Waals surface area contributed by atoms with E-state index in [2.05, 4.69) is 88.8 Å². The molecule has 3 aromatic carbocycles. The van der Waals surface area contributed by atoms with Gasteiger partial charge in [0.05, 0.1) is 6.20 Å². The molecule has 5 nitrogen and oxygen atoms in total. The fourth-order valence-corrected chi connectivity index (χ4v) is 4.75. The van der Waals surface area contributed by atoms with Crippen molar-refractivity contribution in [2.24, 2.45) is 0 Å². The summed E-state index contributed by atoms with van der Waals surface area (Å²) in [7, 11) is 0. The van der Waals surface area contributed by atoms with Crippen LogP contribution in [-0.2, 0) is 0 Å². The second kappa shape index (κ2) is 8.19. The van der Waals surface area contributed by atoms with Crippen LogP contribution < -0.4 is 10.2 Å². The molecule has 0 aliphatic carbocycles. The second-order valence-electron chi connectivity index (χ2n) is 8.41. The van der Waals surface area contributed by atoms with Crippen LogP contribution in [0.15, 0.2) is 85.8 Å². The average Bonchev–Trinajstić information content (AvgIpc) is 3.31. The summed E-state index contributed by atoms with van der Waals surface area (Å²) in [5, 5.41) is 10.4. The van der Waals surface area contributed by atoms with Crippen LogP contribution in [0, 0.1) is 0 Å². The molecule has 1 aliphatic rings. The van der Waals surface area contributed by atoms with Crippen molar-refractivity contribution < 1.29 is 0 Å². The van der Waals surface area contributed by atoms with Crippen molar-refractivity contribution in [3.05, 3.63) is 91.4 Å². The Hall–Kier alpha value is -3.96. The summed E-state index contributed by atoms with van der Waals surface area (Å²) in [5.41, 5.74) is 7.61. The first-order valence-electron chi connectivity index (χ1n) is 11.4. The molecule has 1 aliphatic heterocycles. The Morgan fingerprint density at radius 1 is 0.818 bits per heavy atom. The maximum atomic E-state index is 4.82. The van der Waals surface area contributed by atoms with E-state index in [-0.39, 0.29) is 0 Å². The Morgan fingerprint density at radius 3 is 2.42 bits per heavy atom. The van der Waals surface area contributed by atoms with E-state index in [9.17, 15) is 0 Å². The van der Waals surface area contributed by atoms with E-state index in [0.29, 0.717) is 0 Å². The number of nitrogens with zero attached hydrogens (tertiary/aromatic N) is 4. The molecule has 1 N–H and O–H groups in total. The highest BCUT2D eigenvalue weighted by molar-refractivity contribution is 6.02. The standard InChI is InChI=1S/C28H25N5/c1-2-20-5-3-7-25-24(20)6-4-8-26(25)27-18-31-33-19-22(17-30-28(27)33)21-9-11-23(12-10-21)32-15-13-29-14-16-32/h2-12,17-19,29H,1,13-16H2. The number of piperazine rings is 1. The van der Waals surface area contributed by atoms with Crippen molar-refractivity contribution in [3.63, 3.8) is 0 Å². The van der Waals surface area contributed by atoms with E-state index >= 15 is 0 Å². The zero-order chi connectivity index (χ0) is 22.2. The van der Waals surface area contributed by atoms with Crippen molar-refractivity contribution in [1.29, 1.82) is 0 Å². The molecule has 0 bridgehead atoms. The lowest BCUT2D eigenvalue weighted by Crippen LogP contribution is -2.43. The minimum absolute atomic E-state index is 0.854. The van der Waals surface area contributed by atoms with Gasteiger partial charge in [-0.25, -0.2) is 9.50 Å². The Labute approximate surface area is 193 Å². The molecule has 6 rings (SSSR count). The monoisotopic (exact) mass is 431 g/mol. The molecule has 5 heteroatoms. The first kappa shape index (κ1) is 19.7. The van der Waals surface area contributed by atoms with E-state index < -0.39 is 0 Å². The predicted octanol–water partition coefficient (Wildman–Crippen LogP) is 5.27. The minimum Gasteiger partial charge on any atom is -0.369 e. The lowest BCUT2D eigenvalue weighted by Gasteiger charge is -2.29. The number of aromatic nitrogens is 3. The van der Waals surface area contributed by atoms with Gasteiger partial charge in [-0.1, -0.05) is 61.2 Å². The van der Waals surface area contributed by atoms with Gasteiger partial charge in [-0.2, -0.15) is 5.10 Å². The maximum absolute atomic E-state index is 4.82. The van der Waals surface area contributed by atoms with Crippen molar-refractivity contribution in [2.75, 3.05) is 31.1 Å². The first-order valence-corrected chi connectivity index (χ1v) is 11.4. The molecule has 0 spiro atoms. The Bertz CT molecular complexity index is 1460. The molecular formula is C28H25N5. The van der Waals surface area contributed by atoms with Crippen LogP contribution in [0.4, 0.5) is 5.69 Å². The third-order valence-electron chi connectivity index (χ3n) is 6.51. The van der Waals surface area contributed by atoms with Crippen LogP contribution in [-0.4, -0.2) is 40.8 Å². The molecule has 2 aromatic heterocycles. The first-order chi connectivity index (χ1) is 16.3. The summed E-state index contributed by atoms with van der Waals surface area (Å²) in [5.74, 6) is 0. The van der Waals surface area contributed by atoms with Crippen molar-refractivity contribution >= 4 is 28.2 Å². The number of hydrogen-bond acceptors (Lipinski definition) is 4. The summed E-state index contributed by atoms with van der Waals surface area (Å²) in [4.78, 5) is 7.24. The van der Waals surface area contributed by atoms with Crippen molar-refractivity contribution in [1.82, 2.24) is 19.9 Å². The van der Waals surface area contributed by atoms with E-state index in [1.54, 1.807) is 0 Å². The van der Waals surface area contributed by atoms with Gasteiger partial charge < -0.3 is 10.2 Å². The van der Waals surface area contributed by atoms with Crippen molar-refractivity contribution in [2.45, 2.75) is 0 Å². The second-order valence-corrected chi connectivity index (χ2v) is 8.41. The van der Waals surface area contributed by atoms with Gasteiger partial charge in [0.1, 0.15) is 0 Å². The van der Waals surface area contributed by atoms with Crippen LogP contribution >= 0.6 is 0 Å². The topological polar surface area (TPSA) is 45.5 Å². The van der Waals surface area contributed by atoms with E-state index in [4.69, 9.17) is 4.98 Å². The zero-order valence-corrected chi connectivity index (χ0v) is 18.4. The fourth-order valence-electron chi connectivity index (χ4n) is 4.75. The molecule has 0 saturated carbocycles. The van der Waals surface area contributed by atoms with Crippen LogP contribution in [0.3, 0.4) is 0 Å². The highest BCUT2D eigenvalue weighted by Crippen LogP contribution is 2.33. The van der Waals surface area contributed by atoms with Crippen LogP contribution in [0.25, 0.3) is 44.7 Å². The van der Waals surface area contributed by atoms with Gasteiger partial charge in [-0.05, 0) is 39.6 Å². The van der Waals surface area contributed by atoms with Gasteiger partial charge in [0.25, 0.3) is 0 Å². The van der Waals surface area contributed by atoms with Crippen LogP contribution in [0.5, 0.6) is 0 Å². The highest BCUT2D eigenvalue weighted by Gasteiger charge is 2.14. The average molecular weight is 432 g/mol. The van der Waals surface area contributed by atoms with Gasteiger partial charge >= 0.3 is 0 Å². The van der Waals surface area contributed by atoms with Gasteiger partial charge in [0, 0.05) is 55.4 Å². The molecule has 162 valence electrons. The molecule has 3 heterocycles. The maximum Gasteiger partial charge on any atom is 0.162 e. The van der Waals surface area contributed by atoms with Gasteiger partial charge in [-0.3, -0.25) is 0 Å². The molecule has 1 saturated heterocycles. The normalized spacial score (nSPS) is 14.1. The molecule has 0 atom stereocenters. The third-order valence-corrected chi connectivity index (χ3v) is 6.51. The van der Waals surface area contributed by atoms with Crippen LogP contribution in [0.2, 0.25) is 0 Å². The largest absolute Gasteiger partial charge is 0.369 e. The van der Waals surface area contributed by atoms with Gasteiger partial charge in [0.2, 0.25) is 0 Å². The summed E-state index contributed by atoms with van der Waals surface area (Å²) >= 11 is 0. The number of nitrogens with one attached hydrogen (secondary N) is 1. The summed E-state index contributed by atoms with van der Waals surface area (Å²) in [6, 6.07) is 21.4. The Balaban J connectivity index is 1.37. The number of anilines is 1. The lowest BCUT2D eigenvalue weighted by atomic mass is 9.97. The minimum atomic E-state index is 0.854. The summed E-state index contributed by atoms with van der Waals surface area (Å²) in [6.07, 6.45) is 7.82. The molecule has 0 amide bonds. The summed E-state index contributed by atoms with van der Waals surface area (Å²) < 4.78 is 1.88. The van der Waals surface area contributed by atoms with Crippen molar-refractivity contribution in [3.8, 4) is 22.3 Å². The quantitative estimate of drug-likeness (QED) is 0.421. The number of benzene rings is 3. The number of hydrogen-bond donors (Lipinski definition) is 1.